The zero-order valence-electron chi connectivity index (χ0n) is 17.2. The Morgan fingerprint density at radius 1 is 1.07 bits per heavy atom. The van der Waals surface area contributed by atoms with Gasteiger partial charge in [-0.15, -0.1) is 0 Å². The van der Waals surface area contributed by atoms with Crippen molar-refractivity contribution in [3.8, 4) is 11.5 Å². The molecule has 30 heavy (non-hydrogen) atoms. The number of ether oxygens (including phenoxy) is 2. The van der Waals surface area contributed by atoms with Crippen LogP contribution in [0.5, 0.6) is 11.5 Å². The third kappa shape index (κ3) is 3.65. The van der Waals surface area contributed by atoms with Crippen molar-refractivity contribution in [1.82, 2.24) is 14.4 Å². The first-order valence-electron chi connectivity index (χ1n) is 9.93. The zero-order chi connectivity index (χ0) is 21.5. The van der Waals surface area contributed by atoms with Gasteiger partial charge in [-0.2, -0.15) is 4.31 Å². The number of benzene rings is 1. The fraction of sp³-hybridized carbons (Fsp3) is 0.500. The van der Waals surface area contributed by atoms with Crippen LogP contribution in [0.3, 0.4) is 0 Å². The largest absolute Gasteiger partial charge is 0.482 e. The van der Waals surface area contributed by atoms with Gasteiger partial charge in [0.1, 0.15) is 16.7 Å². The van der Waals surface area contributed by atoms with Crippen LogP contribution in [0.15, 0.2) is 33.7 Å². The first-order chi connectivity index (χ1) is 14.3. The van der Waals surface area contributed by atoms with Gasteiger partial charge in [0.25, 0.3) is 5.91 Å². The van der Waals surface area contributed by atoms with E-state index in [0.29, 0.717) is 36.7 Å². The minimum Gasteiger partial charge on any atom is -0.482 e. The van der Waals surface area contributed by atoms with E-state index in [1.165, 1.54) is 4.31 Å². The summed E-state index contributed by atoms with van der Waals surface area (Å²) in [7, 11) is -3.74. The smallest absolute Gasteiger partial charge is 0.267 e. The number of fused-ring (bicyclic) bond motifs is 1. The van der Waals surface area contributed by atoms with E-state index in [0.717, 1.165) is 0 Å². The number of hydrogen-bond donors (Lipinski definition) is 0. The molecule has 0 radical (unpaired) electrons. The second kappa shape index (κ2) is 7.92. The van der Waals surface area contributed by atoms with Crippen LogP contribution >= 0.6 is 0 Å². The molecule has 2 unspecified atom stereocenters. The van der Waals surface area contributed by atoms with Crippen LogP contribution < -0.4 is 9.47 Å². The number of carbonyl (C=O) groups excluding carboxylic acids is 1. The molecule has 1 amide bonds. The summed E-state index contributed by atoms with van der Waals surface area (Å²) < 4.78 is 44.4. The van der Waals surface area contributed by atoms with Gasteiger partial charge in [-0.3, -0.25) is 4.79 Å². The fourth-order valence-electron chi connectivity index (χ4n) is 3.90. The highest BCUT2D eigenvalue weighted by molar-refractivity contribution is 7.89. The quantitative estimate of drug-likeness (QED) is 0.724. The van der Waals surface area contributed by atoms with Gasteiger partial charge in [-0.1, -0.05) is 17.3 Å². The summed E-state index contributed by atoms with van der Waals surface area (Å²) in [5, 5.41) is 3.76. The summed E-state index contributed by atoms with van der Waals surface area (Å²) >= 11 is 0. The molecule has 2 aliphatic heterocycles. The van der Waals surface area contributed by atoms with Crippen molar-refractivity contribution >= 4 is 15.9 Å². The highest BCUT2D eigenvalue weighted by Gasteiger charge is 2.38. The van der Waals surface area contributed by atoms with Crippen LogP contribution in [0, 0.1) is 13.8 Å². The summed E-state index contributed by atoms with van der Waals surface area (Å²) in [6, 6.07) is 7.24. The molecule has 1 aromatic heterocycles. The van der Waals surface area contributed by atoms with E-state index in [1.807, 2.05) is 12.1 Å². The summed E-state index contributed by atoms with van der Waals surface area (Å²) in [4.78, 5) is 14.9. The summed E-state index contributed by atoms with van der Waals surface area (Å²) in [6.45, 7) is 6.21. The molecule has 0 saturated carbocycles. The van der Waals surface area contributed by atoms with Gasteiger partial charge in [-0.25, -0.2) is 8.42 Å². The van der Waals surface area contributed by atoms with Gasteiger partial charge in [0, 0.05) is 26.2 Å². The predicted molar refractivity (Wildman–Crippen MR) is 107 cm³/mol. The molecule has 2 atom stereocenters. The Balaban J connectivity index is 1.48. The number of aromatic nitrogens is 1. The minimum atomic E-state index is -3.74. The first-order valence-corrected chi connectivity index (χ1v) is 11.4. The standard InChI is InChI=1S/C20H25N3O6S/c1-13-19(15(3)29-21-13)30(25,26)23-10-6-9-22(11-12-23)20(24)18-14(2)27-16-7-4-5-8-17(16)28-18/h4-5,7-8,14,18H,6,9-12H2,1-3H3. The lowest BCUT2D eigenvalue weighted by molar-refractivity contribution is -0.144. The Kier molecular flexibility index (Phi) is 5.46. The fourth-order valence-corrected chi connectivity index (χ4v) is 5.66. The van der Waals surface area contributed by atoms with E-state index in [-0.39, 0.29) is 29.7 Å². The van der Waals surface area contributed by atoms with Crippen LogP contribution in [-0.4, -0.2) is 67.1 Å². The van der Waals surface area contributed by atoms with Gasteiger partial charge in [-0.05, 0) is 39.3 Å². The van der Waals surface area contributed by atoms with E-state index in [4.69, 9.17) is 14.0 Å². The lowest BCUT2D eigenvalue weighted by Gasteiger charge is -2.34. The molecule has 0 aliphatic carbocycles. The van der Waals surface area contributed by atoms with Gasteiger partial charge in [0.2, 0.25) is 16.1 Å². The lowest BCUT2D eigenvalue weighted by Crippen LogP contribution is -2.51. The zero-order valence-corrected chi connectivity index (χ0v) is 18.0. The highest BCUT2D eigenvalue weighted by Crippen LogP contribution is 2.34. The van der Waals surface area contributed by atoms with E-state index < -0.39 is 22.2 Å². The third-order valence-electron chi connectivity index (χ3n) is 5.42. The molecule has 162 valence electrons. The monoisotopic (exact) mass is 435 g/mol. The molecule has 9 nitrogen and oxygen atoms in total. The number of hydrogen-bond acceptors (Lipinski definition) is 7. The molecule has 0 bridgehead atoms. The number of aryl methyl sites for hydroxylation is 2. The number of nitrogens with zero attached hydrogens (tertiary/aromatic N) is 3. The Labute approximate surface area is 175 Å². The molecule has 3 heterocycles. The molecule has 0 N–H and O–H groups in total. The second-order valence-corrected chi connectivity index (χ2v) is 9.42. The number of rotatable bonds is 3. The van der Waals surface area contributed by atoms with Crippen LogP contribution in [0.1, 0.15) is 24.8 Å². The summed E-state index contributed by atoms with van der Waals surface area (Å²) in [5.41, 5.74) is 0.338. The van der Waals surface area contributed by atoms with Gasteiger partial charge in [0.15, 0.2) is 17.3 Å². The van der Waals surface area contributed by atoms with Gasteiger partial charge >= 0.3 is 0 Å². The summed E-state index contributed by atoms with van der Waals surface area (Å²) in [6.07, 6.45) is -0.698. The molecule has 2 aromatic rings. The summed E-state index contributed by atoms with van der Waals surface area (Å²) in [5.74, 6) is 1.21. The molecular formula is C20H25N3O6S. The maximum atomic E-state index is 13.1. The number of carbonyl (C=O) groups is 1. The first kappa shape index (κ1) is 20.7. The molecule has 2 aliphatic rings. The average molecular weight is 436 g/mol. The Bertz CT molecular complexity index is 1030. The second-order valence-electron chi connectivity index (χ2n) is 7.54. The van der Waals surface area contributed by atoms with Crippen molar-refractivity contribution in [2.75, 3.05) is 26.2 Å². The minimum absolute atomic E-state index is 0.108. The maximum Gasteiger partial charge on any atom is 0.267 e. The van der Waals surface area contributed by atoms with E-state index in [1.54, 1.807) is 37.8 Å². The molecule has 1 saturated heterocycles. The normalized spacial score (nSPS) is 22.6. The topological polar surface area (TPSA) is 102 Å². The molecule has 10 heteroatoms. The van der Waals surface area contributed by atoms with Gasteiger partial charge in [0.05, 0.1) is 0 Å². The van der Waals surface area contributed by atoms with Gasteiger partial charge < -0.3 is 18.9 Å². The number of para-hydroxylation sites is 2. The van der Waals surface area contributed by atoms with E-state index >= 15 is 0 Å². The van der Waals surface area contributed by atoms with Crippen molar-refractivity contribution in [2.24, 2.45) is 0 Å². The highest BCUT2D eigenvalue weighted by atomic mass is 32.2. The van der Waals surface area contributed by atoms with Crippen molar-refractivity contribution in [2.45, 2.75) is 44.3 Å². The van der Waals surface area contributed by atoms with Crippen molar-refractivity contribution in [3.63, 3.8) is 0 Å². The predicted octanol–water partition coefficient (Wildman–Crippen LogP) is 1.74. The number of amides is 1. The van der Waals surface area contributed by atoms with Crippen LogP contribution in [0.4, 0.5) is 0 Å². The van der Waals surface area contributed by atoms with Crippen molar-refractivity contribution < 1.29 is 27.2 Å². The Morgan fingerprint density at radius 3 is 2.43 bits per heavy atom. The molecule has 0 spiro atoms. The Hall–Kier alpha value is -2.59. The van der Waals surface area contributed by atoms with Crippen LogP contribution in [-0.2, 0) is 14.8 Å². The average Bonchev–Trinajstić information content (AvgIpc) is 2.92. The lowest BCUT2D eigenvalue weighted by atomic mass is 10.1. The Morgan fingerprint density at radius 2 is 1.77 bits per heavy atom. The van der Waals surface area contributed by atoms with Crippen molar-refractivity contribution in [3.05, 3.63) is 35.7 Å². The molecule has 4 rings (SSSR count). The number of sulfonamides is 1. The van der Waals surface area contributed by atoms with Crippen molar-refractivity contribution in [1.29, 1.82) is 0 Å². The third-order valence-corrected chi connectivity index (χ3v) is 7.56. The SMILES string of the molecule is Cc1noc(C)c1S(=O)(=O)N1CCCN(C(=O)C2Oc3ccccc3OC2C)CC1. The molecule has 1 fully saturated rings. The molecule has 1 aromatic carbocycles. The van der Waals surface area contributed by atoms with Crippen LogP contribution in [0.25, 0.3) is 0 Å². The molecular weight excluding hydrogens is 410 g/mol. The maximum absolute atomic E-state index is 13.1. The van der Waals surface area contributed by atoms with Crippen LogP contribution in [0.2, 0.25) is 0 Å². The van der Waals surface area contributed by atoms with E-state index in [9.17, 15) is 13.2 Å². The van der Waals surface area contributed by atoms with E-state index in [2.05, 4.69) is 5.16 Å².